The van der Waals surface area contributed by atoms with Gasteiger partial charge in [0.15, 0.2) is 0 Å². The summed E-state index contributed by atoms with van der Waals surface area (Å²) in [7, 11) is -4.60. The Bertz CT molecular complexity index is 609. The number of hydrogen-bond donors (Lipinski definition) is 0. The molecule has 6 heteroatoms. The van der Waals surface area contributed by atoms with Gasteiger partial charge in [0.2, 0.25) is 0 Å². The van der Waals surface area contributed by atoms with Crippen LogP contribution in [0.3, 0.4) is 0 Å². The van der Waals surface area contributed by atoms with E-state index in [2.05, 4.69) is 23.7 Å². The summed E-state index contributed by atoms with van der Waals surface area (Å²) < 4.78 is 23.2. The fraction of sp³-hybridized carbons (Fsp3) is 0.667. The second-order valence-electron chi connectivity index (χ2n) is 9.83. The summed E-state index contributed by atoms with van der Waals surface area (Å²) in [6, 6.07) is 0. The standard InChI is InChI=1S/2C12H20O2Si/c2*1-9-11(3,4)13-15(7,8)14-12(5,6)10-2/h2*1-2H,3-8H3. The normalized spacial score (nSPS) is 13.1. The zero-order valence-corrected chi connectivity index (χ0v) is 22.9. The van der Waals surface area contributed by atoms with E-state index in [0.29, 0.717) is 0 Å². The second-order valence-corrected chi connectivity index (χ2v) is 16.2. The molecule has 0 aromatic heterocycles. The molecule has 0 atom stereocenters. The Morgan fingerprint density at radius 3 is 0.667 bits per heavy atom. The quantitative estimate of drug-likeness (QED) is 0.383. The third kappa shape index (κ3) is 14.5. The Morgan fingerprint density at radius 2 is 0.567 bits per heavy atom. The highest BCUT2D eigenvalue weighted by Gasteiger charge is 2.37. The van der Waals surface area contributed by atoms with Crippen molar-refractivity contribution in [2.24, 2.45) is 0 Å². The summed E-state index contributed by atoms with van der Waals surface area (Å²) in [4.78, 5) is 0. The zero-order chi connectivity index (χ0) is 24.7. The summed E-state index contributed by atoms with van der Waals surface area (Å²) in [6.45, 7) is 22.5. The van der Waals surface area contributed by atoms with E-state index < -0.39 is 39.5 Å². The van der Waals surface area contributed by atoms with Crippen molar-refractivity contribution in [3.63, 3.8) is 0 Å². The average molecular weight is 449 g/mol. The van der Waals surface area contributed by atoms with Crippen LogP contribution < -0.4 is 0 Å². The van der Waals surface area contributed by atoms with E-state index in [1.807, 2.05) is 81.6 Å². The fourth-order valence-electron chi connectivity index (χ4n) is 2.62. The van der Waals surface area contributed by atoms with E-state index in [1.54, 1.807) is 0 Å². The van der Waals surface area contributed by atoms with E-state index in [4.69, 9.17) is 43.4 Å². The van der Waals surface area contributed by atoms with E-state index in [-0.39, 0.29) is 0 Å². The molecule has 4 nitrogen and oxygen atoms in total. The molecule has 0 aromatic carbocycles. The van der Waals surface area contributed by atoms with Gasteiger partial charge in [-0.3, -0.25) is 0 Å². The molecule has 0 spiro atoms. The van der Waals surface area contributed by atoms with Crippen LogP contribution in [0.15, 0.2) is 0 Å². The van der Waals surface area contributed by atoms with Crippen molar-refractivity contribution in [2.45, 2.75) is 104 Å². The molecule has 0 fully saturated rings. The molecule has 0 saturated heterocycles. The van der Waals surface area contributed by atoms with E-state index in [0.717, 1.165) is 0 Å². The maximum absolute atomic E-state index is 5.80. The molecule has 0 amide bonds. The molecule has 0 aromatic rings. The second kappa shape index (κ2) is 10.7. The highest BCUT2D eigenvalue weighted by molar-refractivity contribution is 6.65. The lowest BCUT2D eigenvalue weighted by Gasteiger charge is -2.35. The van der Waals surface area contributed by atoms with Gasteiger partial charge in [0.25, 0.3) is 0 Å². The average Bonchev–Trinajstić information content (AvgIpc) is 2.51. The predicted molar refractivity (Wildman–Crippen MR) is 131 cm³/mol. The van der Waals surface area contributed by atoms with Gasteiger partial charge in [-0.2, -0.15) is 0 Å². The van der Waals surface area contributed by atoms with Crippen LogP contribution in [0.2, 0.25) is 26.2 Å². The predicted octanol–water partition coefficient (Wildman–Crippen LogP) is 5.09. The highest BCUT2D eigenvalue weighted by Crippen LogP contribution is 2.24. The van der Waals surface area contributed by atoms with Crippen LogP contribution in [0.1, 0.15) is 55.4 Å². The lowest BCUT2D eigenvalue weighted by molar-refractivity contribution is 0.0541. The summed E-state index contributed by atoms with van der Waals surface area (Å²) in [5.41, 5.74) is -2.44. The van der Waals surface area contributed by atoms with Gasteiger partial charge < -0.3 is 17.7 Å². The molecule has 0 radical (unpaired) electrons. The Morgan fingerprint density at radius 1 is 0.433 bits per heavy atom. The van der Waals surface area contributed by atoms with Crippen LogP contribution in [0.4, 0.5) is 0 Å². The number of rotatable bonds is 8. The van der Waals surface area contributed by atoms with Gasteiger partial charge in [0.1, 0.15) is 22.4 Å². The Balaban J connectivity index is 0. The maximum Gasteiger partial charge on any atom is 0.333 e. The first-order valence-corrected chi connectivity index (χ1v) is 15.4. The minimum absolute atomic E-state index is 0.611. The minimum atomic E-state index is -2.30. The number of terminal acetylenes is 4. The van der Waals surface area contributed by atoms with Crippen molar-refractivity contribution < 1.29 is 17.7 Å². The van der Waals surface area contributed by atoms with Crippen LogP contribution in [-0.4, -0.2) is 39.5 Å². The van der Waals surface area contributed by atoms with Crippen LogP contribution >= 0.6 is 0 Å². The van der Waals surface area contributed by atoms with Gasteiger partial charge in [0.05, 0.1) is 0 Å². The first-order valence-electron chi connectivity index (χ1n) is 9.79. The van der Waals surface area contributed by atoms with Gasteiger partial charge in [-0.25, -0.2) is 0 Å². The summed E-state index contributed by atoms with van der Waals surface area (Å²) in [5, 5.41) is 0. The third-order valence-electron chi connectivity index (χ3n) is 3.39. The molecule has 30 heavy (non-hydrogen) atoms. The molecule has 0 unspecified atom stereocenters. The Kier molecular flexibility index (Phi) is 11.0. The first-order chi connectivity index (χ1) is 13.1. The molecular weight excluding hydrogens is 408 g/mol. The SMILES string of the molecule is C#CC(C)(C)O[Si](C)(C)OC(C)(C)C#C.C#CC(C)(C)O[Si](C)(C)OC(C)(C)C#C. The molecule has 0 aliphatic heterocycles. The molecular formula is C24H40O4Si2. The molecule has 0 saturated carbocycles. The molecule has 0 heterocycles. The summed E-state index contributed by atoms with van der Waals surface area (Å²) in [5.74, 6) is 10.3. The smallest absolute Gasteiger partial charge is 0.333 e. The van der Waals surface area contributed by atoms with Crippen LogP contribution in [0, 0.1) is 49.4 Å². The van der Waals surface area contributed by atoms with Crippen molar-refractivity contribution in [3.8, 4) is 49.4 Å². The van der Waals surface area contributed by atoms with Crippen LogP contribution in [-0.2, 0) is 17.7 Å². The van der Waals surface area contributed by atoms with Gasteiger partial charge in [0, 0.05) is 0 Å². The van der Waals surface area contributed by atoms with Crippen molar-refractivity contribution in [1.29, 1.82) is 0 Å². The zero-order valence-electron chi connectivity index (χ0n) is 20.9. The van der Waals surface area contributed by atoms with E-state index in [9.17, 15) is 0 Å². The van der Waals surface area contributed by atoms with Crippen molar-refractivity contribution in [2.75, 3.05) is 0 Å². The number of hydrogen-bond acceptors (Lipinski definition) is 4. The van der Waals surface area contributed by atoms with Gasteiger partial charge in [-0.05, 0) is 81.6 Å². The van der Waals surface area contributed by atoms with E-state index in [1.165, 1.54) is 0 Å². The maximum atomic E-state index is 5.80. The van der Waals surface area contributed by atoms with Gasteiger partial charge in [-0.15, -0.1) is 25.7 Å². The van der Waals surface area contributed by atoms with Crippen molar-refractivity contribution in [3.05, 3.63) is 0 Å². The largest absolute Gasteiger partial charge is 0.378 e. The van der Waals surface area contributed by atoms with Gasteiger partial charge >= 0.3 is 17.1 Å². The lowest BCUT2D eigenvalue weighted by Crippen LogP contribution is -2.47. The summed E-state index contributed by atoms with van der Waals surface area (Å²) in [6.07, 6.45) is 21.4. The lowest BCUT2D eigenvalue weighted by atomic mass is 10.2. The third-order valence-corrected chi connectivity index (χ3v) is 7.40. The summed E-state index contributed by atoms with van der Waals surface area (Å²) >= 11 is 0. The topological polar surface area (TPSA) is 36.9 Å². The van der Waals surface area contributed by atoms with Crippen molar-refractivity contribution >= 4 is 17.1 Å². The molecule has 168 valence electrons. The molecule has 0 aliphatic rings. The Labute approximate surface area is 188 Å². The van der Waals surface area contributed by atoms with Gasteiger partial charge in [-0.1, -0.05) is 23.7 Å². The molecule has 0 N–H and O–H groups in total. The first kappa shape index (κ1) is 30.7. The van der Waals surface area contributed by atoms with Crippen molar-refractivity contribution in [1.82, 2.24) is 0 Å². The monoisotopic (exact) mass is 448 g/mol. The molecule has 0 aliphatic carbocycles. The minimum Gasteiger partial charge on any atom is -0.378 e. The van der Waals surface area contributed by atoms with E-state index >= 15 is 0 Å². The fourth-order valence-corrected chi connectivity index (χ4v) is 7.85. The molecule has 0 bridgehead atoms. The highest BCUT2D eigenvalue weighted by atomic mass is 28.4. The van der Waals surface area contributed by atoms with Crippen LogP contribution in [0.25, 0.3) is 0 Å². The molecule has 0 rings (SSSR count). The Hall–Kier alpha value is -1.49. The van der Waals surface area contributed by atoms with Crippen LogP contribution in [0.5, 0.6) is 0 Å².